The number of rotatable bonds is 5. The monoisotopic (exact) mass is 572 g/mol. The van der Waals surface area contributed by atoms with Gasteiger partial charge in [-0.05, 0) is 55.5 Å². The molecule has 0 aliphatic carbocycles. The van der Waals surface area contributed by atoms with Crippen molar-refractivity contribution >= 4 is 34.6 Å². The SMILES string of the molecule is COc1ccc(NC2=Nc3ccccc3N3C2=Nc2c(c(C)nn2-c2ccccc2)[C@@H]3c2ccc(O)cc2O)c(OC)c1. The van der Waals surface area contributed by atoms with E-state index in [1.165, 1.54) is 6.07 Å². The van der Waals surface area contributed by atoms with E-state index in [1.807, 2.05) is 78.3 Å². The van der Waals surface area contributed by atoms with Gasteiger partial charge >= 0.3 is 0 Å². The molecule has 2 aliphatic heterocycles. The number of nitrogens with zero attached hydrogens (tertiary/aromatic N) is 5. The van der Waals surface area contributed by atoms with Crippen molar-refractivity contribution in [2.75, 3.05) is 24.4 Å². The molecule has 214 valence electrons. The maximum absolute atomic E-state index is 11.2. The maximum Gasteiger partial charge on any atom is 0.179 e. The van der Waals surface area contributed by atoms with E-state index in [4.69, 9.17) is 24.6 Å². The lowest BCUT2D eigenvalue weighted by Gasteiger charge is -2.40. The molecule has 0 fully saturated rings. The van der Waals surface area contributed by atoms with Crippen molar-refractivity contribution in [3.63, 3.8) is 0 Å². The van der Waals surface area contributed by atoms with Gasteiger partial charge in [0, 0.05) is 23.3 Å². The minimum Gasteiger partial charge on any atom is -0.508 e. The predicted octanol–water partition coefficient (Wildman–Crippen LogP) is 6.40. The van der Waals surface area contributed by atoms with Crippen molar-refractivity contribution in [1.29, 1.82) is 0 Å². The quantitative estimate of drug-likeness (QED) is 0.223. The number of methoxy groups -OCH3 is 2. The number of hydrogen-bond acceptors (Lipinski definition) is 9. The molecule has 0 saturated heterocycles. The smallest absolute Gasteiger partial charge is 0.179 e. The third kappa shape index (κ3) is 4.31. The summed E-state index contributed by atoms with van der Waals surface area (Å²) in [6.07, 6.45) is 0. The number of hydrogen-bond donors (Lipinski definition) is 3. The fourth-order valence-electron chi connectivity index (χ4n) is 5.63. The molecule has 10 heteroatoms. The Morgan fingerprint density at radius 1 is 0.837 bits per heavy atom. The number of anilines is 2. The van der Waals surface area contributed by atoms with E-state index >= 15 is 0 Å². The molecular formula is C33H28N6O4. The Bertz CT molecular complexity index is 1930. The second-order valence-electron chi connectivity index (χ2n) is 10.2. The van der Waals surface area contributed by atoms with Gasteiger partial charge in [-0.15, -0.1) is 0 Å². The van der Waals surface area contributed by atoms with Gasteiger partial charge in [0.15, 0.2) is 17.5 Å². The molecule has 0 unspecified atom stereocenters. The van der Waals surface area contributed by atoms with E-state index in [9.17, 15) is 10.2 Å². The van der Waals surface area contributed by atoms with Crippen LogP contribution in [0.1, 0.15) is 22.9 Å². The third-order valence-electron chi connectivity index (χ3n) is 7.61. The van der Waals surface area contributed by atoms with Crippen LogP contribution in [0.15, 0.2) is 101 Å². The number of nitrogens with one attached hydrogen (secondary N) is 1. The van der Waals surface area contributed by atoms with Crippen LogP contribution in [0.25, 0.3) is 5.69 Å². The van der Waals surface area contributed by atoms with E-state index in [0.29, 0.717) is 40.2 Å². The van der Waals surface area contributed by atoms with E-state index < -0.39 is 6.04 Å². The number of benzene rings is 4. The number of aryl methyl sites for hydroxylation is 1. The zero-order valence-electron chi connectivity index (χ0n) is 23.7. The Labute approximate surface area is 247 Å². The van der Waals surface area contributed by atoms with Crippen LogP contribution in [-0.4, -0.2) is 45.9 Å². The van der Waals surface area contributed by atoms with Gasteiger partial charge in [0.25, 0.3) is 0 Å². The molecule has 4 aromatic carbocycles. The number of fused-ring (bicyclic) bond motifs is 4. The van der Waals surface area contributed by atoms with Gasteiger partial charge in [0.05, 0.1) is 48.7 Å². The van der Waals surface area contributed by atoms with Crippen molar-refractivity contribution in [1.82, 2.24) is 9.78 Å². The number of aliphatic imine (C=N–C) groups is 2. The fraction of sp³-hybridized carbons (Fsp3) is 0.121. The van der Waals surface area contributed by atoms with Crippen LogP contribution in [0.5, 0.6) is 23.0 Å². The highest BCUT2D eigenvalue weighted by Crippen LogP contribution is 2.50. The van der Waals surface area contributed by atoms with Gasteiger partial charge in [-0.1, -0.05) is 30.3 Å². The molecule has 0 spiro atoms. The summed E-state index contributed by atoms with van der Waals surface area (Å²) in [7, 11) is 3.20. The van der Waals surface area contributed by atoms with Gasteiger partial charge in [-0.25, -0.2) is 14.7 Å². The average Bonchev–Trinajstić information content (AvgIpc) is 3.36. The number of amidine groups is 2. The molecular weight excluding hydrogens is 544 g/mol. The number of ether oxygens (including phenoxy) is 2. The zero-order valence-corrected chi connectivity index (χ0v) is 23.7. The zero-order chi connectivity index (χ0) is 29.7. The summed E-state index contributed by atoms with van der Waals surface area (Å²) in [4.78, 5) is 12.3. The lowest BCUT2D eigenvalue weighted by molar-refractivity contribution is 0.395. The Morgan fingerprint density at radius 2 is 1.63 bits per heavy atom. The molecule has 1 aromatic heterocycles. The van der Waals surface area contributed by atoms with E-state index in [0.717, 1.165) is 28.3 Å². The van der Waals surface area contributed by atoms with Crippen molar-refractivity contribution < 1.29 is 19.7 Å². The van der Waals surface area contributed by atoms with Gasteiger partial charge in [-0.2, -0.15) is 5.10 Å². The first kappa shape index (κ1) is 26.1. The Hall–Kier alpha value is -5.77. The van der Waals surface area contributed by atoms with Crippen molar-refractivity contribution in [3.8, 4) is 28.7 Å². The molecule has 7 rings (SSSR count). The summed E-state index contributed by atoms with van der Waals surface area (Å²) in [5, 5.41) is 29.7. The molecule has 2 aliphatic rings. The Morgan fingerprint density at radius 3 is 2.40 bits per heavy atom. The highest BCUT2D eigenvalue weighted by Gasteiger charge is 2.42. The number of aromatic hydroxyl groups is 2. The lowest BCUT2D eigenvalue weighted by Crippen LogP contribution is -2.46. The van der Waals surface area contributed by atoms with Crippen LogP contribution in [-0.2, 0) is 0 Å². The average molecular weight is 573 g/mol. The molecule has 0 bridgehead atoms. The van der Waals surface area contributed by atoms with Gasteiger partial charge < -0.3 is 29.9 Å². The number of phenols is 2. The molecule has 5 aromatic rings. The van der Waals surface area contributed by atoms with E-state index in [1.54, 1.807) is 32.4 Å². The second kappa shape index (κ2) is 10.3. The van der Waals surface area contributed by atoms with Crippen LogP contribution in [0, 0.1) is 6.92 Å². The summed E-state index contributed by atoms with van der Waals surface area (Å²) in [6, 6.07) is 27.2. The Balaban J connectivity index is 1.49. The Kier molecular flexibility index (Phi) is 6.23. The van der Waals surface area contributed by atoms with Crippen LogP contribution >= 0.6 is 0 Å². The highest BCUT2D eigenvalue weighted by molar-refractivity contribution is 6.51. The largest absolute Gasteiger partial charge is 0.508 e. The number of para-hydroxylation sites is 3. The summed E-state index contributed by atoms with van der Waals surface area (Å²) < 4.78 is 12.9. The fourth-order valence-corrected chi connectivity index (χ4v) is 5.63. The summed E-state index contributed by atoms with van der Waals surface area (Å²) in [5.74, 6) is 2.77. The normalized spacial score (nSPS) is 15.0. The van der Waals surface area contributed by atoms with E-state index in [2.05, 4.69) is 10.2 Å². The minimum atomic E-state index is -0.549. The second-order valence-corrected chi connectivity index (χ2v) is 10.2. The summed E-state index contributed by atoms with van der Waals surface area (Å²) >= 11 is 0. The van der Waals surface area contributed by atoms with Gasteiger partial charge in [0.1, 0.15) is 23.0 Å². The van der Waals surface area contributed by atoms with Gasteiger partial charge in [-0.3, -0.25) is 0 Å². The van der Waals surface area contributed by atoms with Crippen molar-refractivity contribution in [2.45, 2.75) is 13.0 Å². The first-order chi connectivity index (χ1) is 21.0. The molecule has 0 saturated carbocycles. The van der Waals surface area contributed by atoms with Crippen LogP contribution < -0.4 is 19.7 Å². The maximum atomic E-state index is 11.2. The molecule has 3 N–H and O–H groups in total. The van der Waals surface area contributed by atoms with Crippen LogP contribution in [0.4, 0.5) is 22.9 Å². The lowest BCUT2D eigenvalue weighted by atomic mass is 9.92. The molecule has 0 radical (unpaired) electrons. The molecule has 1 atom stereocenters. The minimum absolute atomic E-state index is 0.0301. The molecule has 3 heterocycles. The molecule has 10 nitrogen and oxygen atoms in total. The standard InChI is InChI=1S/C33H28N6O4/c1-19-29-30(23-15-13-21(40)17-27(23)41)38-26-12-8-7-11-24(26)34-31(35-25-16-14-22(42-2)18-28(25)43-3)33(38)36-32(29)39(37-19)20-9-5-4-6-10-20/h4-18,30,40-41H,1-3H3,(H,34,35)/t30-/m0/s1. The summed E-state index contributed by atoms with van der Waals surface area (Å²) in [5.41, 5.74) is 5.21. The number of aromatic nitrogens is 2. The highest BCUT2D eigenvalue weighted by atomic mass is 16.5. The molecule has 0 amide bonds. The van der Waals surface area contributed by atoms with Crippen molar-refractivity contribution in [3.05, 3.63) is 108 Å². The van der Waals surface area contributed by atoms with Gasteiger partial charge in [0.2, 0.25) is 0 Å². The van der Waals surface area contributed by atoms with Crippen molar-refractivity contribution in [2.24, 2.45) is 9.98 Å². The first-order valence-electron chi connectivity index (χ1n) is 13.7. The first-order valence-corrected chi connectivity index (χ1v) is 13.7. The van der Waals surface area contributed by atoms with E-state index in [-0.39, 0.29) is 11.5 Å². The predicted molar refractivity (Wildman–Crippen MR) is 166 cm³/mol. The topological polar surface area (TPSA) is 117 Å². The molecule has 43 heavy (non-hydrogen) atoms. The van der Waals surface area contributed by atoms with Crippen LogP contribution in [0.3, 0.4) is 0 Å². The third-order valence-corrected chi connectivity index (χ3v) is 7.61. The van der Waals surface area contributed by atoms with Crippen LogP contribution in [0.2, 0.25) is 0 Å². The summed E-state index contributed by atoms with van der Waals surface area (Å²) in [6.45, 7) is 1.94. The number of phenolic OH excluding ortho intramolecular Hbond substituents is 2.